The molecule has 6 rings (SSSR count). The minimum absolute atomic E-state index is 0.00412. The second kappa shape index (κ2) is 9.91. The molecule has 39 heavy (non-hydrogen) atoms. The maximum Gasteiger partial charge on any atom is 0.274 e. The fourth-order valence-corrected chi connectivity index (χ4v) is 6.13. The lowest BCUT2D eigenvalue weighted by atomic mass is 9.95. The summed E-state index contributed by atoms with van der Waals surface area (Å²) in [5.41, 5.74) is -0.729. The number of rotatable bonds is 6. The second-order valence-electron chi connectivity index (χ2n) is 10.5. The third-order valence-corrected chi connectivity index (χ3v) is 8.05. The first-order chi connectivity index (χ1) is 18.8. The predicted molar refractivity (Wildman–Crippen MR) is 135 cm³/mol. The van der Waals surface area contributed by atoms with Crippen LogP contribution in [0.4, 0.5) is 13.2 Å². The van der Waals surface area contributed by atoms with Gasteiger partial charge in [-0.3, -0.25) is 14.4 Å². The van der Waals surface area contributed by atoms with Gasteiger partial charge in [-0.05, 0) is 36.7 Å². The minimum atomic E-state index is -1.15. The molecular weight excluding hydrogens is 511 g/mol. The molecule has 1 N–H and O–H groups in total. The Morgan fingerprint density at radius 3 is 2.51 bits per heavy atom. The van der Waals surface area contributed by atoms with Gasteiger partial charge in [-0.25, -0.2) is 13.2 Å². The summed E-state index contributed by atoms with van der Waals surface area (Å²) in [6, 6.07) is 10.0. The molecule has 3 atom stereocenters. The summed E-state index contributed by atoms with van der Waals surface area (Å²) in [6.07, 6.45) is 4.32. The smallest absolute Gasteiger partial charge is 0.274 e. The summed E-state index contributed by atoms with van der Waals surface area (Å²) in [5, 5.41) is 2.37. The highest BCUT2D eigenvalue weighted by molar-refractivity contribution is 5.99. The van der Waals surface area contributed by atoms with E-state index in [1.807, 2.05) is 30.3 Å². The molecule has 4 bridgehead atoms. The lowest BCUT2D eigenvalue weighted by Crippen LogP contribution is -2.47. The predicted octanol–water partition coefficient (Wildman–Crippen LogP) is 4.20. The Balaban J connectivity index is 1.40. The van der Waals surface area contributed by atoms with Gasteiger partial charge in [0.05, 0.1) is 6.04 Å². The van der Waals surface area contributed by atoms with E-state index in [9.17, 15) is 27.6 Å². The van der Waals surface area contributed by atoms with Crippen molar-refractivity contribution in [1.29, 1.82) is 0 Å². The molecule has 3 heterocycles. The molecule has 0 radical (unpaired) electrons. The Kier molecular flexibility index (Phi) is 6.40. The minimum Gasteiger partial charge on any atom is -0.483 e. The average molecular weight is 538 g/mol. The molecule has 1 saturated carbocycles. The average Bonchev–Trinajstić information content (AvgIpc) is 3.29. The monoisotopic (exact) mass is 537 g/mol. The number of benzene rings is 2. The number of halogens is 3. The number of ether oxygens (including phenoxy) is 1. The zero-order valence-electron chi connectivity index (χ0n) is 21.0. The van der Waals surface area contributed by atoms with E-state index in [2.05, 4.69) is 5.32 Å². The van der Waals surface area contributed by atoms with E-state index in [4.69, 9.17) is 4.74 Å². The number of carbonyl (C=O) groups is 2. The lowest BCUT2D eigenvalue weighted by Gasteiger charge is -2.38. The number of fused-ring (bicyclic) bond motifs is 7. The molecule has 0 spiro atoms. The Labute approximate surface area is 222 Å². The zero-order chi connectivity index (χ0) is 27.3. The molecule has 1 aliphatic carbocycles. The van der Waals surface area contributed by atoms with Crippen molar-refractivity contribution in [2.24, 2.45) is 11.8 Å². The summed E-state index contributed by atoms with van der Waals surface area (Å²) < 4.78 is 49.2. The highest BCUT2D eigenvalue weighted by atomic mass is 19.1. The Morgan fingerprint density at radius 2 is 1.77 bits per heavy atom. The quantitative estimate of drug-likeness (QED) is 0.511. The Morgan fingerprint density at radius 1 is 1.03 bits per heavy atom. The number of hydrogen-bond acceptors (Lipinski definition) is 4. The normalized spacial score (nSPS) is 21.4. The number of amides is 2. The van der Waals surface area contributed by atoms with E-state index in [-0.39, 0.29) is 41.5 Å². The molecular formula is C29H26F3N3O4. The summed E-state index contributed by atoms with van der Waals surface area (Å²) in [7, 11) is 0. The molecule has 202 valence electrons. The topological polar surface area (TPSA) is 80.6 Å². The molecule has 7 nitrogen and oxygen atoms in total. The van der Waals surface area contributed by atoms with Crippen LogP contribution >= 0.6 is 0 Å². The van der Waals surface area contributed by atoms with Gasteiger partial charge in [0, 0.05) is 43.5 Å². The van der Waals surface area contributed by atoms with Crippen molar-refractivity contribution >= 4 is 11.8 Å². The number of hydrogen-bond donors (Lipinski definition) is 1. The van der Waals surface area contributed by atoms with Crippen molar-refractivity contribution in [2.75, 3.05) is 13.1 Å². The van der Waals surface area contributed by atoms with Gasteiger partial charge in [0.15, 0.2) is 11.4 Å². The van der Waals surface area contributed by atoms with Gasteiger partial charge in [-0.2, -0.15) is 0 Å². The third kappa shape index (κ3) is 4.57. The largest absolute Gasteiger partial charge is 0.483 e. The van der Waals surface area contributed by atoms with Crippen LogP contribution in [0.3, 0.4) is 0 Å². The maximum absolute atomic E-state index is 14.1. The van der Waals surface area contributed by atoms with Gasteiger partial charge < -0.3 is 19.5 Å². The van der Waals surface area contributed by atoms with Crippen LogP contribution in [0.1, 0.15) is 57.3 Å². The fourth-order valence-electron chi connectivity index (χ4n) is 6.13. The van der Waals surface area contributed by atoms with Gasteiger partial charge in [-0.15, -0.1) is 0 Å². The van der Waals surface area contributed by atoms with Crippen molar-refractivity contribution in [3.63, 3.8) is 0 Å². The van der Waals surface area contributed by atoms with E-state index in [0.29, 0.717) is 31.1 Å². The number of pyridine rings is 1. The van der Waals surface area contributed by atoms with Gasteiger partial charge in [0.2, 0.25) is 5.43 Å². The highest BCUT2D eigenvalue weighted by Gasteiger charge is 2.45. The zero-order valence-corrected chi connectivity index (χ0v) is 21.0. The summed E-state index contributed by atoms with van der Waals surface area (Å²) in [5.74, 6) is -4.13. The highest BCUT2D eigenvalue weighted by Crippen LogP contribution is 2.45. The summed E-state index contributed by atoms with van der Waals surface area (Å²) >= 11 is 0. The van der Waals surface area contributed by atoms with Crippen molar-refractivity contribution in [1.82, 2.24) is 14.8 Å². The molecule has 10 heteroatoms. The van der Waals surface area contributed by atoms with Crippen LogP contribution in [0.15, 0.2) is 53.5 Å². The van der Waals surface area contributed by atoms with Crippen molar-refractivity contribution in [3.8, 4) is 5.75 Å². The van der Waals surface area contributed by atoms with Gasteiger partial charge in [0.25, 0.3) is 11.8 Å². The number of nitrogens with one attached hydrogen (secondary N) is 1. The SMILES string of the molecule is O=C(NCc1c(F)cc(F)cc1F)c1cn2c(c(OCc3ccccc3)c1=O)C(=O)N1C[C@@H]3CC[C@@H](C3)[C@H]2C1. The van der Waals surface area contributed by atoms with E-state index >= 15 is 0 Å². The molecule has 2 amide bonds. The van der Waals surface area contributed by atoms with Crippen LogP contribution in [0.5, 0.6) is 5.75 Å². The first-order valence-corrected chi connectivity index (χ1v) is 13.0. The summed E-state index contributed by atoms with van der Waals surface area (Å²) in [4.78, 5) is 42.2. The van der Waals surface area contributed by atoms with Crippen LogP contribution < -0.4 is 15.5 Å². The molecule has 2 aliphatic heterocycles. The first-order valence-electron chi connectivity index (χ1n) is 13.0. The molecule has 0 unspecified atom stereocenters. The van der Waals surface area contributed by atoms with Crippen LogP contribution in [0, 0.1) is 29.3 Å². The Hall–Kier alpha value is -4.08. The van der Waals surface area contributed by atoms with Crippen molar-refractivity contribution in [2.45, 2.75) is 38.5 Å². The van der Waals surface area contributed by atoms with E-state index in [1.165, 1.54) is 6.20 Å². The molecule has 1 saturated heterocycles. The first kappa shape index (κ1) is 25.2. The third-order valence-electron chi connectivity index (χ3n) is 8.05. The standard InChI is InChI=1S/C29H26F3N3O4/c30-19-9-22(31)20(23(32)10-19)11-33-28(37)21-13-35-24-14-34(12-17-6-7-18(24)8-17)29(38)25(35)27(26(21)36)39-15-16-4-2-1-3-5-16/h1-5,9-10,13,17-18,24H,6-8,11-12,14-15H2,(H,33,37)/t17-,18+,24-/m1/s1. The second-order valence-corrected chi connectivity index (χ2v) is 10.5. The fraction of sp³-hybridized carbons (Fsp3) is 0.345. The summed E-state index contributed by atoms with van der Waals surface area (Å²) in [6.45, 7) is 0.499. The molecule has 3 aliphatic rings. The van der Waals surface area contributed by atoms with Crippen LogP contribution in [0.2, 0.25) is 0 Å². The lowest BCUT2D eigenvalue weighted by molar-refractivity contribution is 0.0620. The number of nitrogens with zero attached hydrogens (tertiary/aromatic N) is 2. The van der Waals surface area contributed by atoms with Gasteiger partial charge >= 0.3 is 0 Å². The van der Waals surface area contributed by atoms with Crippen molar-refractivity contribution in [3.05, 3.63) is 98.7 Å². The van der Waals surface area contributed by atoms with Crippen molar-refractivity contribution < 1.29 is 27.5 Å². The van der Waals surface area contributed by atoms with Crippen LogP contribution in [-0.2, 0) is 13.2 Å². The van der Waals surface area contributed by atoms with Gasteiger partial charge in [0.1, 0.15) is 29.6 Å². The van der Waals surface area contributed by atoms with Gasteiger partial charge in [-0.1, -0.05) is 30.3 Å². The van der Waals surface area contributed by atoms with E-state index < -0.39 is 40.9 Å². The van der Waals surface area contributed by atoms with Crippen LogP contribution in [0.25, 0.3) is 0 Å². The number of aromatic nitrogens is 1. The van der Waals surface area contributed by atoms with E-state index in [1.54, 1.807) is 9.47 Å². The Bertz CT molecular complexity index is 1500. The number of carbonyl (C=O) groups excluding carboxylic acids is 2. The molecule has 2 fully saturated rings. The maximum atomic E-state index is 14.1. The van der Waals surface area contributed by atoms with E-state index in [0.717, 1.165) is 24.8 Å². The molecule has 3 aromatic rings. The molecule has 1 aromatic heterocycles. The van der Waals surface area contributed by atoms with Crippen LogP contribution in [-0.4, -0.2) is 34.4 Å². The molecule has 2 aromatic carbocycles.